The maximum atomic E-state index is 14.4. The van der Waals surface area contributed by atoms with Crippen LogP contribution in [0.4, 0.5) is 28.9 Å². The number of benzene rings is 2. The zero-order valence-corrected chi connectivity index (χ0v) is 17.5. The number of aromatic nitrogens is 3. The molecular formula is C22H18F4N6O2. The van der Waals surface area contributed by atoms with Gasteiger partial charge >= 0.3 is 12.1 Å². The number of fused-ring (bicyclic) bond motifs is 2. The number of nitrogens with one attached hydrogen (secondary N) is 2. The predicted molar refractivity (Wildman–Crippen MR) is 119 cm³/mol. The molecule has 5 rings (SSSR count). The molecule has 1 amide bonds. The summed E-state index contributed by atoms with van der Waals surface area (Å²) in [5.41, 5.74) is 7.67. The zero-order valence-electron chi connectivity index (χ0n) is 17.5. The summed E-state index contributed by atoms with van der Waals surface area (Å²) in [7, 11) is 0. The molecule has 0 atom stereocenters. The number of carbonyl (C=O) groups excluding carboxylic acids is 1. The lowest BCUT2D eigenvalue weighted by Gasteiger charge is -2.36. The van der Waals surface area contributed by atoms with Crippen LogP contribution in [0.15, 0.2) is 41.2 Å². The normalized spacial score (nSPS) is 14.8. The average molecular weight is 474 g/mol. The second-order valence-electron chi connectivity index (χ2n) is 7.97. The van der Waals surface area contributed by atoms with Crippen molar-refractivity contribution in [3.8, 4) is 11.4 Å². The average Bonchev–Trinajstić information content (AvgIpc) is 3.20. The van der Waals surface area contributed by atoms with Crippen LogP contribution in [0.25, 0.3) is 33.3 Å². The fraction of sp³-hybridized carbons (Fsp3) is 0.227. The van der Waals surface area contributed by atoms with E-state index in [4.69, 9.17) is 5.73 Å². The minimum Gasteiger partial charge on any atom is -0.397 e. The van der Waals surface area contributed by atoms with E-state index in [0.717, 1.165) is 4.90 Å². The molecule has 1 saturated heterocycles. The van der Waals surface area contributed by atoms with Gasteiger partial charge in [-0.2, -0.15) is 13.2 Å². The van der Waals surface area contributed by atoms with Crippen molar-refractivity contribution in [2.75, 3.05) is 36.8 Å². The second-order valence-corrected chi connectivity index (χ2v) is 7.97. The van der Waals surface area contributed by atoms with Gasteiger partial charge in [0.05, 0.1) is 27.6 Å². The molecule has 1 aliphatic rings. The number of alkyl halides is 3. The number of amides is 1. The summed E-state index contributed by atoms with van der Waals surface area (Å²) in [5.74, 6) is -2.25. The molecule has 0 spiro atoms. The van der Waals surface area contributed by atoms with E-state index >= 15 is 0 Å². The van der Waals surface area contributed by atoms with Gasteiger partial charge < -0.3 is 25.5 Å². The number of anilines is 2. The van der Waals surface area contributed by atoms with Crippen LogP contribution in [0.1, 0.15) is 0 Å². The number of H-pyrrole nitrogens is 2. The molecular weight excluding hydrogens is 456 g/mol. The SMILES string of the molecule is Nc1c(-c2nc3ccc(N4CCN(C(=O)C(F)(F)F)CC4)cc3[nH]2)c(=O)[nH]c2cccc(F)c12. The largest absolute Gasteiger partial charge is 0.471 e. The number of pyridine rings is 1. The number of hydrogen-bond donors (Lipinski definition) is 3. The Morgan fingerprint density at radius 1 is 1.03 bits per heavy atom. The zero-order chi connectivity index (χ0) is 24.2. The van der Waals surface area contributed by atoms with Crippen LogP contribution >= 0.6 is 0 Å². The van der Waals surface area contributed by atoms with Crippen molar-refractivity contribution in [2.24, 2.45) is 0 Å². The maximum absolute atomic E-state index is 14.4. The highest BCUT2D eigenvalue weighted by Gasteiger charge is 2.43. The third kappa shape index (κ3) is 3.60. The van der Waals surface area contributed by atoms with Crippen LogP contribution < -0.4 is 16.2 Å². The molecule has 4 N–H and O–H groups in total. The number of rotatable bonds is 2. The molecule has 0 unspecified atom stereocenters. The number of nitrogens with two attached hydrogens (primary N) is 1. The predicted octanol–water partition coefficient (Wildman–Crippen LogP) is 3.00. The van der Waals surface area contributed by atoms with E-state index in [1.54, 1.807) is 24.3 Å². The highest BCUT2D eigenvalue weighted by molar-refractivity contribution is 5.98. The summed E-state index contributed by atoms with van der Waals surface area (Å²) in [5, 5.41) is 0.0875. The number of piperazine rings is 1. The van der Waals surface area contributed by atoms with Gasteiger partial charge in [-0.15, -0.1) is 0 Å². The number of imidazole rings is 1. The molecule has 2 aromatic heterocycles. The Morgan fingerprint density at radius 2 is 1.76 bits per heavy atom. The maximum Gasteiger partial charge on any atom is 0.471 e. The van der Waals surface area contributed by atoms with E-state index in [0.29, 0.717) is 16.7 Å². The molecule has 2 aromatic carbocycles. The lowest BCUT2D eigenvalue weighted by atomic mass is 10.1. The summed E-state index contributed by atoms with van der Waals surface area (Å²) in [6.07, 6.45) is -4.89. The van der Waals surface area contributed by atoms with Crippen LogP contribution in [0.3, 0.4) is 0 Å². The van der Waals surface area contributed by atoms with Gasteiger partial charge in [0.1, 0.15) is 17.2 Å². The summed E-state index contributed by atoms with van der Waals surface area (Å²) >= 11 is 0. The van der Waals surface area contributed by atoms with Gasteiger partial charge in [0.25, 0.3) is 5.56 Å². The summed E-state index contributed by atoms with van der Waals surface area (Å²) < 4.78 is 52.4. The first-order chi connectivity index (χ1) is 16.1. The van der Waals surface area contributed by atoms with Crippen molar-refractivity contribution in [3.05, 3.63) is 52.6 Å². The highest BCUT2D eigenvalue weighted by Crippen LogP contribution is 2.31. The van der Waals surface area contributed by atoms with Gasteiger partial charge in [0, 0.05) is 31.9 Å². The minimum atomic E-state index is -4.89. The van der Waals surface area contributed by atoms with E-state index in [9.17, 15) is 27.2 Å². The lowest BCUT2D eigenvalue weighted by molar-refractivity contribution is -0.185. The Morgan fingerprint density at radius 3 is 2.47 bits per heavy atom. The molecule has 176 valence electrons. The van der Waals surface area contributed by atoms with Gasteiger partial charge in [-0.3, -0.25) is 9.59 Å². The third-order valence-electron chi connectivity index (χ3n) is 5.90. The second kappa shape index (κ2) is 7.75. The summed E-state index contributed by atoms with van der Waals surface area (Å²) in [6.45, 7) is 0.341. The quantitative estimate of drug-likeness (QED) is 0.387. The van der Waals surface area contributed by atoms with Crippen molar-refractivity contribution in [1.29, 1.82) is 0 Å². The van der Waals surface area contributed by atoms with E-state index < -0.39 is 23.5 Å². The Bertz CT molecular complexity index is 1480. The van der Waals surface area contributed by atoms with Crippen LogP contribution in [-0.4, -0.2) is 58.1 Å². The smallest absolute Gasteiger partial charge is 0.397 e. The van der Waals surface area contributed by atoms with Gasteiger partial charge in [0.2, 0.25) is 0 Å². The number of carbonyl (C=O) groups is 1. The van der Waals surface area contributed by atoms with Crippen LogP contribution in [0, 0.1) is 5.82 Å². The summed E-state index contributed by atoms with van der Waals surface area (Å²) in [4.78, 5) is 36.8. The Kier molecular flexibility index (Phi) is 4.95. The number of nitrogen functional groups attached to an aromatic ring is 1. The molecule has 3 heterocycles. The van der Waals surface area contributed by atoms with Crippen molar-refractivity contribution < 1.29 is 22.4 Å². The first-order valence-electron chi connectivity index (χ1n) is 10.3. The first-order valence-corrected chi connectivity index (χ1v) is 10.3. The molecule has 0 bridgehead atoms. The molecule has 0 radical (unpaired) electrons. The van der Waals surface area contributed by atoms with Crippen LogP contribution in [0.2, 0.25) is 0 Å². The van der Waals surface area contributed by atoms with Gasteiger partial charge in [-0.25, -0.2) is 9.37 Å². The fourth-order valence-electron chi connectivity index (χ4n) is 4.23. The molecule has 12 heteroatoms. The monoisotopic (exact) mass is 474 g/mol. The molecule has 0 aliphatic carbocycles. The van der Waals surface area contributed by atoms with E-state index in [1.807, 2.05) is 4.90 Å². The standard InChI is InChI=1S/C22H18F4N6O2/c23-12-2-1-3-14-16(12)18(27)17(20(33)30-14)19-28-13-5-4-11(10-15(13)29-19)31-6-8-32(9-7-31)21(34)22(24,25)26/h1-5,10H,6-9H2,(H,28,29)(H3,27,30,33). The Labute approximate surface area is 189 Å². The van der Waals surface area contributed by atoms with E-state index in [-0.39, 0.29) is 54.2 Å². The first kappa shape index (κ1) is 21.7. The topological polar surface area (TPSA) is 111 Å². The molecule has 4 aromatic rings. The van der Waals surface area contributed by atoms with Crippen molar-refractivity contribution in [1.82, 2.24) is 19.9 Å². The molecule has 0 saturated carbocycles. The number of aromatic amines is 2. The number of halogens is 4. The van der Waals surface area contributed by atoms with Crippen LogP contribution in [-0.2, 0) is 4.79 Å². The lowest BCUT2D eigenvalue weighted by Crippen LogP contribution is -2.52. The highest BCUT2D eigenvalue weighted by atomic mass is 19.4. The molecule has 1 aliphatic heterocycles. The Hall–Kier alpha value is -4.09. The van der Waals surface area contributed by atoms with E-state index in [1.165, 1.54) is 12.1 Å². The van der Waals surface area contributed by atoms with Gasteiger partial charge in [-0.1, -0.05) is 6.07 Å². The molecule has 34 heavy (non-hydrogen) atoms. The van der Waals surface area contributed by atoms with E-state index in [2.05, 4.69) is 15.0 Å². The minimum absolute atomic E-state index is 0.00891. The van der Waals surface area contributed by atoms with Crippen molar-refractivity contribution >= 4 is 39.2 Å². The third-order valence-corrected chi connectivity index (χ3v) is 5.90. The Balaban J connectivity index is 1.45. The molecule has 1 fully saturated rings. The summed E-state index contributed by atoms with van der Waals surface area (Å²) in [6, 6.07) is 9.46. The van der Waals surface area contributed by atoms with Gasteiger partial charge in [0.15, 0.2) is 0 Å². The number of hydrogen-bond acceptors (Lipinski definition) is 5. The fourth-order valence-corrected chi connectivity index (χ4v) is 4.23. The molecule has 8 nitrogen and oxygen atoms in total. The van der Waals surface area contributed by atoms with Crippen molar-refractivity contribution in [3.63, 3.8) is 0 Å². The van der Waals surface area contributed by atoms with Crippen LogP contribution in [0.5, 0.6) is 0 Å². The van der Waals surface area contributed by atoms with Crippen molar-refractivity contribution in [2.45, 2.75) is 6.18 Å². The van der Waals surface area contributed by atoms with Gasteiger partial charge in [-0.05, 0) is 30.3 Å². The number of nitrogens with zero attached hydrogens (tertiary/aromatic N) is 3.